The molecule has 0 N–H and O–H groups in total. The molecule has 0 amide bonds. The van der Waals surface area contributed by atoms with Gasteiger partial charge < -0.3 is 39.9 Å². The Balaban J connectivity index is 0.000000161. The second-order valence-electron chi connectivity index (χ2n) is 30.4. The van der Waals surface area contributed by atoms with E-state index in [9.17, 15) is 0 Å². The number of hydrogen-bond acceptors (Lipinski definition) is 8. The third-order valence-corrected chi connectivity index (χ3v) is 21.0. The number of pyridine rings is 8. The summed E-state index contributed by atoms with van der Waals surface area (Å²) in [6.07, 6.45) is 12.4. The maximum absolute atomic E-state index is 4.63. The quantitative estimate of drug-likeness (QED) is 0.105. The Morgan fingerprint density at radius 1 is 0.200 bits per heavy atom. The monoisotopic (exact) mass is 2460 g/mol. The molecule has 13 aromatic carbocycles. The predicted octanol–water partition coefficient (Wildman–Crippen LogP) is 30.3. The third kappa shape index (κ3) is 31.0. The molecule has 21 rings (SSSR count). The number of nitrogens with zero attached hydrogens (tertiary/aromatic N) is 8. The molecule has 8 nitrogen and oxygen atoms in total. The number of aromatic nitrogens is 8. The van der Waals surface area contributed by atoms with E-state index in [-0.39, 0.29) is 80.4 Å². The van der Waals surface area contributed by atoms with Gasteiger partial charge in [-0.05, 0) is 172 Å². The Hall–Kier alpha value is -14.1. The van der Waals surface area contributed by atoms with Crippen molar-refractivity contribution in [3.63, 3.8) is 0 Å². The Labute approximate surface area is 849 Å². The van der Waals surface area contributed by atoms with Crippen molar-refractivity contribution < 1.29 is 80.4 Å². The fourth-order valence-electron chi connectivity index (χ4n) is 14.3. The molecule has 21 aromatic rings. The molecule has 0 atom stereocenters. The summed E-state index contributed by atoms with van der Waals surface area (Å²) in [5.74, 6) is 0. The number of fused-ring (bicyclic) bond motifs is 1. The molecule has 12 heteroatoms. The van der Waals surface area contributed by atoms with E-state index in [1.54, 1.807) is 12.4 Å². The van der Waals surface area contributed by atoms with Crippen molar-refractivity contribution in [2.24, 2.45) is 0 Å². The van der Waals surface area contributed by atoms with Crippen molar-refractivity contribution >= 4 is 10.8 Å². The van der Waals surface area contributed by atoms with Crippen LogP contribution in [0.3, 0.4) is 0 Å². The molecule has 672 valence electrons. The molecule has 0 aliphatic rings. The van der Waals surface area contributed by atoms with Crippen LogP contribution in [0.1, 0.15) is 40.6 Å². The fraction of sp³-hybridized carbons (Fsp3) is 0.0569. The van der Waals surface area contributed by atoms with Gasteiger partial charge in [-0.1, -0.05) is 207 Å². The SMILES string of the molecule is CCc1cc(-c2[c-]cccc2)ncc1-c1ccccc1.Cc1cc(-c2[c-]cccc2)ncc1-c1ccc2ccccc2c1.Cc1cc(-c2[c-]cccc2)ncc1-c1ccccc1.Cc1cc(-c2[c-]cccc2)ncc1-c1ccccc1.Cc1cccc(-c2[c-]cccc2)n1.Cc1cccc(-c2[c-]cccc2)n1.[Ir].[Ir].[Ir].[Ir].[c-]1ccccc1-c1ccccn1.[c-]1ccccc1-c1ccccn1. The summed E-state index contributed by atoms with van der Waals surface area (Å²) >= 11 is 0. The average molecular weight is 2460 g/mol. The first-order chi connectivity index (χ1) is 64.5. The molecule has 0 fully saturated rings. The summed E-state index contributed by atoms with van der Waals surface area (Å²) in [4.78, 5) is 35.6. The first-order valence-corrected chi connectivity index (χ1v) is 43.5. The van der Waals surface area contributed by atoms with Gasteiger partial charge in [0, 0.05) is 151 Å². The molecule has 0 spiro atoms. The van der Waals surface area contributed by atoms with Gasteiger partial charge >= 0.3 is 0 Å². The van der Waals surface area contributed by atoms with Gasteiger partial charge in [0.15, 0.2) is 0 Å². The zero-order valence-corrected chi connectivity index (χ0v) is 85.1. The number of aryl methyl sites for hydroxylation is 6. The van der Waals surface area contributed by atoms with E-state index in [0.717, 1.165) is 108 Å². The van der Waals surface area contributed by atoms with Crippen molar-refractivity contribution in [1.82, 2.24) is 39.9 Å². The van der Waals surface area contributed by atoms with E-state index in [0.29, 0.717) is 0 Å². The van der Waals surface area contributed by atoms with Gasteiger partial charge in [0.1, 0.15) is 0 Å². The summed E-state index contributed by atoms with van der Waals surface area (Å²) < 4.78 is 0. The van der Waals surface area contributed by atoms with Gasteiger partial charge in [-0.15, -0.1) is 287 Å². The first kappa shape index (κ1) is 103. The van der Waals surface area contributed by atoms with Gasteiger partial charge in [-0.3, -0.25) is 0 Å². The molecule has 0 aliphatic carbocycles. The van der Waals surface area contributed by atoms with Crippen LogP contribution >= 0.6 is 0 Å². The molecule has 8 aromatic heterocycles. The van der Waals surface area contributed by atoms with Crippen molar-refractivity contribution in [1.29, 1.82) is 0 Å². The topological polar surface area (TPSA) is 103 Å². The van der Waals surface area contributed by atoms with Crippen LogP contribution in [-0.2, 0) is 86.8 Å². The van der Waals surface area contributed by atoms with E-state index >= 15 is 0 Å². The minimum absolute atomic E-state index is 0. The largest absolute Gasteiger partial charge is 0.305 e. The van der Waals surface area contributed by atoms with Crippen molar-refractivity contribution in [2.75, 3.05) is 0 Å². The van der Waals surface area contributed by atoms with Crippen LogP contribution < -0.4 is 0 Å². The van der Waals surface area contributed by atoms with Gasteiger partial charge in [0.25, 0.3) is 0 Å². The Morgan fingerprint density at radius 2 is 0.467 bits per heavy atom. The van der Waals surface area contributed by atoms with Gasteiger partial charge in [-0.25, -0.2) is 0 Å². The molecule has 0 saturated heterocycles. The third-order valence-electron chi connectivity index (χ3n) is 21.0. The van der Waals surface area contributed by atoms with Gasteiger partial charge in [-0.2, -0.15) is 0 Å². The standard InChI is InChI=1S/C22H16N.C19H16N.2C18H14N.2C12H10N.2C11H8N.4Ir/c1-16-13-22(18-8-3-2-4-9-18)23-15-21(16)20-12-11-17-7-5-6-10-19(17)14-20;1-2-15-13-19(17-11-7-4-8-12-17)20-14-18(15)16-9-5-3-6-10-16;2*1-14-12-18(16-10-6-3-7-11-16)19-13-17(14)15-8-4-2-5-9-15;2*1-10-6-5-9-12(13-10)11-7-3-2-4-8-11;2*1-2-6-10(7-3-1)11-8-4-5-9-12-11;;;;/h2-8,10-15H,1H3;3-11,13-14H,2H2,1H3;2*2-10,12-13H,1H3;2*2-7,9H,1H3;2*1-6,8-9H;;;;/q8*-1;;;;. The molecule has 0 unspecified atom stereocenters. The Morgan fingerprint density at radius 3 is 0.763 bits per heavy atom. The zero-order chi connectivity index (χ0) is 90.2. The molecule has 0 bridgehead atoms. The van der Waals surface area contributed by atoms with Crippen LogP contribution in [-0.4, -0.2) is 39.9 Å². The van der Waals surface area contributed by atoms with Crippen LogP contribution in [0.2, 0.25) is 0 Å². The smallest absolute Gasteiger partial charge is 0.0266 e. The van der Waals surface area contributed by atoms with E-state index in [1.165, 1.54) is 77.5 Å². The Kier molecular flexibility index (Phi) is 42.3. The summed E-state index contributed by atoms with van der Waals surface area (Å²) in [6, 6.07) is 167. The fourth-order valence-corrected chi connectivity index (χ4v) is 14.3. The van der Waals surface area contributed by atoms with E-state index in [1.807, 2.05) is 348 Å². The van der Waals surface area contributed by atoms with Crippen molar-refractivity contribution in [3.05, 3.63) is 544 Å². The number of hydrogen-bond donors (Lipinski definition) is 0. The van der Waals surface area contributed by atoms with Crippen LogP contribution in [0.4, 0.5) is 0 Å². The first-order valence-electron chi connectivity index (χ1n) is 43.5. The molecular weight excluding hydrogens is 2360 g/mol. The zero-order valence-electron chi connectivity index (χ0n) is 75.5. The van der Waals surface area contributed by atoms with Crippen LogP contribution in [0.5, 0.6) is 0 Å². The minimum Gasteiger partial charge on any atom is -0.305 e. The molecular formula is C123H96Ir4N8-8. The molecule has 0 aliphatic heterocycles. The van der Waals surface area contributed by atoms with Crippen LogP contribution in [0, 0.1) is 83.1 Å². The van der Waals surface area contributed by atoms with E-state index in [4.69, 9.17) is 0 Å². The second-order valence-corrected chi connectivity index (χ2v) is 30.4. The molecule has 0 saturated carbocycles. The average Bonchev–Trinajstić information content (AvgIpc) is 0.800. The summed E-state index contributed by atoms with van der Waals surface area (Å²) in [5, 5.41) is 2.52. The van der Waals surface area contributed by atoms with E-state index < -0.39 is 0 Å². The summed E-state index contributed by atoms with van der Waals surface area (Å²) in [6.45, 7) is 12.5. The van der Waals surface area contributed by atoms with Gasteiger partial charge in [0.2, 0.25) is 0 Å². The summed E-state index contributed by atoms with van der Waals surface area (Å²) in [7, 11) is 0. The summed E-state index contributed by atoms with van der Waals surface area (Å²) in [5.41, 5.74) is 32.8. The molecule has 8 heterocycles. The van der Waals surface area contributed by atoms with Crippen molar-refractivity contribution in [2.45, 2.75) is 48.0 Å². The van der Waals surface area contributed by atoms with Crippen molar-refractivity contribution in [3.8, 4) is 135 Å². The number of benzene rings is 13. The normalized spacial score (nSPS) is 9.94. The number of rotatable bonds is 13. The predicted molar refractivity (Wildman–Crippen MR) is 540 cm³/mol. The molecule has 4 radical (unpaired) electrons. The van der Waals surface area contributed by atoms with Crippen LogP contribution in [0.15, 0.2) is 462 Å². The maximum Gasteiger partial charge on any atom is 0.0266 e. The van der Waals surface area contributed by atoms with Crippen LogP contribution in [0.25, 0.3) is 145 Å². The van der Waals surface area contributed by atoms with E-state index in [2.05, 4.69) is 231 Å². The maximum atomic E-state index is 4.63. The minimum atomic E-state index is 0. The Bertz CT molecular complexity index is 6640. The second kappa shape index (κ2) is 55.4. The van der Waals surface area contributed by atoms with Gasteiger partial charge in [0.05, 0.1) is 0 Å². The molecule has 135 heavy (non-hydrogen) atoms.